The van der Waals surface area contributed by atoms with Gasteiger partial charge < -0.3 is 0 Å². The summed E-state index contributed by atoms with van der Waals surface area (Å²) in [6, 6.07) is 76.1. The zero-order valence-electron chi connectivity index (χ0n) is 82.8. The van der Waals surface area contributed by atoms with Crippen LogP contribution in [0.25, 0.3) is 88.7 Å². The summed E-state index contributed by atoms with van der Waals surface area (Å²) in [5, 5.41) is 1.64. The Balaban J connectivity index is 1.09. The number of para-hydroxylation sites is 1. The van der Waals surface area contributed by atoms with Gasteiger partial charge >= 0.3 is 0 Å². The van der Waals surface area contributed by atoms with E-state index < -0.39 is 0 Å². The monoisotopic (exact) mass is 1730 g/mol. The summed E-state index contributed by atoms with van der Waals surface area (Å²) in [6.45, 7) is 20.2. The van der Waals surface area contributed by atoms with Gasteiger partial charge in [0.25, 0.3) is 11.8 Å². The first-order valence-corrected chi connectivity index (χ1v) is 53.8. The number of imide groups is 1. The van der Waals surface area contributed by atoms with E-state index in [1.807, 2.05) is 18.2 Å². The molecule has 0 saturated carbocycles. The Morgan fingerprint density at radius 2 is 0.395 bits per heavy atom. The fourth-order valence-corrected chi connectivity index (χ4v) is 20.9. The molecule has 1 aliphatic heterocycles. The van der Waals surface area contributed by atoms with Crippen molar-refractivity contribution in [2.45, 2.75) is 427 Å². The van der Waals surface area contributed by atoms with Crippen LogP contribution in [0.15, 0.2) is 194 Å². The number of hydrogen-bond acceptors (Lipinski definition) is 2. The van der Waals surface area contributed by atoms with Crippen LogP contribution in [-0.2, 0) is 32.1 Å². The Kier molecular flexibility index (Phi) is 44.8. The van der Waals surface area contributed by atoms with E-state index in [4.69, 9.17) is 0 Å². The lowest BCUT2D eigenvalue weighted by Gasteiger charge is -2.32. The van der Waals surface area contributed by atoms with Gasteiger partial charge in [-0.15, -0.1) is 0 Å². The van der Waals surface area contributed by atoms with E-state index in [2.05, 4.69) is 238 Å². The maximum Gasteiger partial charge on any atom is 0.266 e. The fourth-order valence-electron chi connectivity index (χ4n) is 20.9. The third-order valence-corrected chi connectivity index (χ3v) is 28.8. The number of unbranched alkanes of at least 4 members (excludes halogenated alkanes) is 45. The molecular weight excluding hydrogens is 1560 g/mol. The smallest absolute Gasteiger partial charge is 0.266 e. The number of aryl methyl sites for hydroxylation is 5. The van der Waals surface area contributed by atoms with Gasteiger partial charge in [0, 0.05) is 16.5 Å². The molecule has 3 nitrogen and oxygen atoms in total. The van der Waals surface area contributed by atoms with Crippen molar-refractivity contribution in [2.24, 2.45) is 0 Å². The molecule has 1 aliphatic rings. The van der Waals surface area contributed by atoms with Crippen LogP contribution in [0.3, 0.4) is 0 Å². The minimum atomic E-state index is -0.262. The van der Waals surface area contributed by atoms with Gasteiger partial charge in [0.15, 0.2) is 0 Å². The summed E-state index contributed by atoms with van der Waals surface area (Å²) >= 11 is 0. The Morgan fingerprint density at radius 3 is 0.628 bits per heavy atom. The molecule has 10 aromatic carbocycles. The molecule has 0 bridgehead atoms. The van der Waals surface area contributed by atoms with Crippen LogP contribution in [0, 0.1) is 0 Å². The molecule has 10 aromatic rings. The van der Waals surface area contributed by atoms with Crippen molar-refractivity contribution >= 4 is 28.3 Å². The van der Waals surface area contributed by atoms with E-state index in [-0.39, 0.29) is 23.7 Å². The Hall–Kier alpha value is -8.40. The molecule has 0 N–H and O–H groups in total. The highest BCUT2D eigenvalue weighted by molar-refractivity contribution is 6.37. The highest BCUT2D eigenvalue weighted by atomic mass is 16.2. The van der Waals surface area contributed by atoms with Gasteiger partial charge in [-0.3, -0.25) is 9.59 Å². The Labute approximate surface area is 786 Å². The van der Waals surface area contributed by atoms with Crippen LogP contribution in [0.1, 0.15) is 455 Å². The van der Waals surface area contributed by atoms with Gasteiger partial charge in [0.05, 0.1) is 5.69 Å². The summed E-state index contributed by atoms with van der Waals surface area (Å²) in [4.78, 5) is 32.4. The molecule has 1 heterocycles. The number of rotatable bonds is 65. The van der Waals surface area contributed by atoms with Crippen molar-refractivity contribution in [3.63, 3.8) is 0 Å². The second-order valence-electron chi connectivity index (χ2n) is 39.9. The molecule has 0 aromatic heterocycles. The van der Waals surface area contributed by atoms with Crippen LogP contribution in [-0.4, -0.2) is 11.8 Å². The SMILES string of the molecule is CCCCCCCCCCCCc1ccc(-c2c(-c3ccc(CCCCCCCCCCCC)cc3)c(-c3ccc(CCCCCCCCCCCC)cc3)c(-c3ccc(-c4ccc5c6c(cccc46)C(=O)N(c4c(C(C)C)cccc4C(C)C)C5=O)cc3)c(-c3ccc(CCCCCCCCCCCC)cc3)c2-c2ccc(CCCCCCCCCCCC)cc2)cc1. The van der Waals surface area contributed by atoms with Gasteiger partial charge in [-0.05, 0) is 210 Å². The summed E-state index contributed by atoms with van der Waals surface area (Å²) in [6.07, 6.45) is 71.9. The number of amides is 2. The van der Waals surface area contributed by atoms with Crippen LogP contribution in [0.4, 0.5) is 5.69 Å². The first-order chi connectivity index (χ1) is 63.5. The van der Waals surface area contributed by atoms with Crippen molar-refractivity contribution in [3.05, 3.63) is 244 Å². The van der Waals surface area contributed by atoms with Crippen molar-refractivity contribution in [3.8, 4) is 77.9 Å². The molecule has 2 amide bonds. The minimum absolute atomic E-state index is 0.103. The molecule has 129 heavy (non-hydrogen) atoms. The third-order valence-electron chi connectivity index (χ3n) is 28.8. The molecule has 692 valence electrons. The van der Waals surface area contributed by atoms with E-state index in [1.165, 1.54) is 415 Å². The van der Waals surface area contributed by atoms with Crippen LogP contribution < -0.4 is 4.90 Å². The molecule has 0 saturated heterocycles. The molecule has 0 spiro atoms. The lowest BCUT2D eigenvalue weighted by molar-refractivity contribution is 0.0892. The molecular formula is C126H171NO2. The quantitative estimate of drug-likeness (QED) is 0.0281. The molecule has 0 radical (unpaired) electrons. The summed E-state index contributed by atoms with van der Waals surface area (Å²) in [5.74, 6) is -0.317. The molecule has 11 rings (SSSR count). The average Bonchev–Trinajstić information content (AvgIpc) is 0.709. The molecule has 0 atom stereocenters. The number of nitrogens with zero attached hydrogens (tertiary/aromatic N) is 1. The largest absolute Gasteiger partial charge is 0.268 e. The van der Waals surface area contributed by atoms with Crippen molar-refractivity contribution < 1.29 is 9.59 Å². The van der Waals surface area contributed by atoms with Gasteiger partial charge in [-0.25, -0.2) is 4.90 Å². The van der Waals surface area contributed by atoms with Crippen LogP contribution in [0.2, 0.25) is 0 Å². The second-order valence-corrected chi connectivity index (χ2v) is 39.9. The standard InChI is InChI=1S/C126H171NO2/c1-10-15-20-25-30-35-40-45-50-55-62-99-71-81-105(82-72-99)117-118(106-83-73-100(74-84-106)63-56-51-46-41-36-31-26-21-16-11-2)120(108-87-77-102(78-88-108)65-58-53-48-43-38-33-28-23-18-13-4)122(110-93-91-104(92-94-110)113-95-96-116-123-114(113)69-61-70-115(123)125(128)127(126(116)129)124-111(97(6)7)67-60-68-112(124)98(8)9)121(109-89-79-103(80-90-109)66-59-54-49-44-39-34-29-24-19-14-5)119(117)107-85-75-101(76-86-107)64-57-52-47-42-37-32-27-22-17-12-3/h60-61,67-98H,10-59,62-66H2,1-9H3. The Bertz CT molecular complexity index is 4650. The van der Waals surface area contributed by atoms with Gasteiger partial charge in [0.2, 0.25) is 0 Å². The second kappa shape index (κ2) is 57.1. The molecule has 0 fully saturated rings. The molecule has 0 unspecified atom stereocenters. The van der Waals surface area contributed by atoms with Gasteiger partial charge in [-0.2, -0.15) is 0 Å². The summed E-state index contributed by atoms with van der Waals surface area (Å²) < 4.78 is 0. The average molecular weight is 1730 g/mol. The zero-order valence-corrected chi connectivity index (χ0v) is 82.8. The van der Waals surface area contributed by atoms with E-state index in [9.17, 15) is 0 Å². The summed E-state index contributed by atoms with van der Waals surface area (Å²) in [5.41, 5.74) is 27.9. The van der Waals surface area contributed by atoms with E-state index >= 15 is 9.59 Å². The van der Waals surface area contributed by atoms with E-state index in [1.54, 1.807) is 0 Å². The van der Waals surface area contributed by atoms with Gasteiger partial charge in [0.1, 0.15) is 0 Å². The number of hydrogen-bond donors (Lipinski definition) is 0. The molecule has 3 heteroatoms. The third kappa shape index (κ3) is 30.6. The van der Waals surface area contributed by atoms with E-state index in [0.717, 1.165) is 76.4 Å². The predicted molar refractivity (Wildman–Crippen MR) is 566 cm³/mol. The van der Waals surface area contributed by atoms with Crippen molar-refractivity contribution in [1.82, 2.24) is 0 Å². The maximum atomic E-state index is 15.4. The van der Waals surface area contributed by atoms with Crippen LogP contribution in [0.5, 0.6) is 0 Å². The molecule has 0 aliphatic carbocycles. The van der Waals surface area contributed by atoms with Crippen LogP contribution >= 0.6 is 0 Å². The Morgan fingerprint density at radius 1 is 0.202 bits per heavy atom. The van der Waals surface area contributed by atoms with E-state index in [0.29, 0.717) is 11.1 Å². The van der Waals surface area contributed by atoms with Crippen molar-refractivity contribution in [2.75, 3.05) is 4.90 Å². The summed E-state index contributed by atoms with van der Waals surface area (Å²) in [7, 11) is 0. The zero-order chi connectivity index (χ0) is 90.4. The highest BCUT2D eigenvalue weighted by Crippen LogP contribution is 2.57. The fraction of sp³-hybridized carbons (Fsp3) is 0.524. The first-order valence-electron chi connectivity index (χ1n) is 53.8. The topological polar surface area (TPSA) is 37.4 Å². The highest BCUT2D eigenvalue weighted by Gasteiger charge is 2.38. The number of anilines is 1. The number of carbonyl (C=O) groups excluding carboxylic acids is 2. The number of carbonyl (C=O) groups is 2. The van der Waals surface area contributed by atoms with Crippen molar-refractivity contribution in [1.29, 1.82) is 0 Å². The van der Waals surface area contributed by atoms with Gasteiger partial charge in [-0.1, -0.05) is 533 Å². The minimum Gasteiger partial charge on any atom is -0.268 e. The normalized spacial score (nSPS) is 12.2. The lowest BCUT2D eigenvalue weighted by atomic mass is 9.73. The maximum absolute atomic E-state index is 15.4. The predicted octanol–water partition coefficient (Wildman–Crippen LogP) is 39.9. The lowest BCUT2D eigenvalue weighted by Crippen LogP contribution is -2.41. The first kappa shape index (κ1) is 101. The number of benzene rings is 10.